The molecule has 4 rings (SSSR count). The standard InChI is InChI=1S/C23H31N3O/c27-23(24-22-9-2-1-3-10-22)26-14-6-13-25(15-16-26)18-19-11-12-20-7-4-5-8-21(20)17-19/h4-5,7-8,11-12,17,22H,1-3,6,9-10,13-16,18H2,(H,24,27). The van der Waals surface area contributed by atoms with Crippen molar-refractivity contribution < 1.29 is 4.79 Å². The van der Waals surface area contributed by atoms with Gasteiger partial charge in [-0.15, -0.1) is 0 Å². The molecule has 27 heavy (non-hydrogen) atoms. The fourth-order valence-electron chi connectivity index (χ4n) is 4.44. The number of hydrogen-bond donors (Lipinski definition) is 1. The topological polar surface area (TPSA) is 35.6 Å². The van der Waals surface area contributed by atoms with Gasteiger partial charge in [0.1, 0.15) is 0 Å². The predicted octanol–water partition coefficient (Wildman–Crippen LogP) is 4.39. The first-order valence-corrected chi connectivity index (χ1v) is 10.5. The molecule has 0 unspecified atom stereocenters. The Morgan fingerprint density at radius 3 is 2.56 bits per heavy atom. The van der Waals surface area contributed by atoms with Crippen LogP contribution in [0.15, 0.2) is 42.5 Å². The molecule has 1 aliphatic carbocycles. The minimum Gasteiger partial charge on any atom is -0.335 e. The number of amides is 2. The van der Waals surface area contributed by atoms with Gasteiger partial charge in [-0.25, -0.2) is 4.79 Å². The van der Waals surface area contributed by atoms with E-state index >= 15 is 0 Å². The fraction of sp³-hybridized carbons (Fsp3) is 0.522. The van der Waals surface area contributed by atoms with E-state index in [1.165, 1.54) is 35.6 Å². The Bertz CT molecular complexity index is 769. The molecule has 4 heteroatoms. The average Bonchev–Trinajstić information content (AvgIpc) is 2.94. The maximum atomic E-state index is 12.6. The first-order chi connectivity index (χ1) is 13.3. The highest BCUT2D eigenvalue weighted by molar-refractivity contribution is 5.83. The van der Waals surface area contributed by atoms with Crippen molar-refractivity contribution in [1.29, 1.82) is 0 Å². The normalized spacial score (nSPS) is 19.8. The lowest BCUT2D eigenvalue weighted by Crippen LogP contribution is -2.46. The highest BCUT2D eigenvalue weighted by Crippen LogP contribution is 2.19. The minimum absolute atomic E-state index is 0.148. The van der Waals surface area contributed by atoms with Gasteiger partial charge in [0.15, 0.2) is 0 Å². The summed E-state index contributed by atoms with van der Waals surface area (Å²) in [5, 5.41) is 5.87. The first kappa shape index (κ1) is 18.3. The summed E-state index contributed by atoms with van der Waals surface area (Å²) in [5.74, 6) is 0. The van der Waals surface area contributed by atoms with Crippen molar-refractivity contribution >= 4 is 16.8 Å². The van der Waals surface area contributed by atoms with Gasteiger partial charge in [-0.1, -0.05) is 55.7 Å². The highest BCUT2D eigenvalue weighted by Gasteiger charge is 2.22. The Labute approximate surface area is 162 Å². The number of nitrogens with one attached hydrogen (secondary N) is 1. The van der Waals surface area contributed by atoms with E-state index in [0.717, 1.165) is 52.0 Å². The molecule has 0 atom stereocenters. The van der Waals surface area contributed by atoms with E-state index in [-0.39, 0.29) is 6.03 Å². The van der Waals surface area contributed by atoms with E-state index < -0.39 is 0 Å². The van der Waals surface area contributed by atoms with Crippen LogP contribution in [-0.4, -0.2) is 48.1 Å². The number of hydrogen-bond acceptors (Lipinski definition) is 2. The van der Waals surface area contributed by atoms with Crippen molar-refractivity contribution in [2.45, 2.75) is 51.1 Å². The van der Waals surface area contributed by atoms with Crippen LogP contribution in [0.25, 0.3) is 10.8 Å². The Hall–Kier alpha value is -2.07. The maximum Gasteiger partial charge on any atom is 0.317 e. The monoisotopic (exact) mass is 365 g/mol. The summed E-state index contributed by atoms with van der Waals surface area (Å²) in [4.78, 5) is 17.1. The smallest absolute Gasteiger partial charge is 0.317 e. The molecule has 2 fully saturated rings. The van der Waals surface area contributed by atoms with Crippen molar-refractivity contribution in [2.24, 2.45) is 0 Å². The zero-order chi connectivity index (χ0) is 18.5. The quantitative estimate of drug-likeness (QED) is 0.876. The molecular formula is C23H31N3O. The van der Waals surface area contributed by atoms with Gasteiger partial charge in [-0.2, -0.15) is 0 Å². The lowest BCUT2D eigenvalue weighted by atomic mass is 9.96. The number of benzene rings is 2. The molecule has 2 aromatic rings. The van der Waals surface area contributed by atoms with Crippen LogP contribution < -0.4 is 5.32 Å². The molecule has 144 valence electrons. The number of fused-ring (bicyclic) bond motifs is 1. The average molecular weight is 366 g/mol. The van der Waals surface area contributed by atoms with Crippen molar-refractivity contribution in [3.05, 3.63) is 48.0 Å². The number of carbonyl (C=O) groups excluding carboxylic acids is 1. The molecule has 1 saturated carbocycles. The molecule has 0 radical (unpaired) electrons. The molecule has 0 bridgehead atoms. The molecule has 2 aliphatic rings. The van der Waals surface area contributed by atoms with Crippen molar-refractivity contribution in [1.82, 2.24) is 15.1 Å². The molecule has 1 aliphatic heterocycles. The lowest BCUT2D eigenvalue weighted by molar-refractivity contribution is 0.190. The summed E-state index contributed by atoms with van der Waals surface area (Å²) in [5.41, 5.74) is 1.36. The summed E-state index contributed by atoms with van der Waals surface area (Å²) in [7, 11) is 0. The predicted molar refractivity (Wildman–Crippen MR) is 111 cm³/mol. The summed E-state index contributed by atoms with van der Waals surface area (Å²) in [6.07, 6.45) is 7.17. The molecule has 1 N–H and O–H groups in total. The number of urea groups is 1. The molecule has 0 spiro atoms. The summed E-state index contributed by atoms with van der Waals surface area (Å²) in [6, 6.07) is 15.8. The van der Waals surface area contributed by atoms with Gasteiger partial charge in [0.25, 0.3) is 0 Å². The summed E-state index contributed by atoms with van der Waals surface area (Å²) in [6.45, 7) is 4.66. The van der Waals surface area contributed by atoms with Crippen LogP contribution >= 0.6 is 0 Å². The van der Waals surface area contributed by atoms with E-state index in [2.05, 4.69) is 52.7 Å². The van der Waals surface area contributed by atoms with Crippen LogP contribution in [-0.2, 0) is 6.54 Å². The third kappa shape index (κ3) is 4.81. The van der Waals surface area contributed by atoms with Crippen LogP contribution in [0.3, 0.4) is 0 Å². The maximum absolute atomic E-state index is 12.6. The number of rotatable bonds is 3. The summed E-state index contributed by atoms with van der Waals surface area (Å²) >= 11 is 0. The Morgan fingerprint density at radius 2 is 1.70 bits per heavy atom. The third-order valence-electron chi connectivity index (χ3n) is 6.03. The van der Waals surface area contributed by atoms with Gasteiger partial charge in [0, 0.05) is 38.8 Å². The largest absolute Gasteiger partial charge is 0.335 e. The van der Waals surface area contributed by atoms with Crippen LogP contribution in [0.4, 0.5) is 4.79 Å². The molecular weight excluding hydrogens is 334 g/mol. The van der Waals surface area contributed by atoms with Gasteiger partial charge in [0.2, 0.25) is 0 Å². The van der Waals surface area contributed by atoms with E-state index in [1.54, 1.807) is 0 Å². The van der Waals surface area contributed by atoms with E-state index in [4.69, 9.17) is 0 Å². The van der Waals surface area contributed by atoms with Crippen molar-refractivity contribution in [2.75, 3.05) is 26.2 Å². The molecule has 0 aromatic heterocycles. The highest BCUT2D eigenvalue weighted by atomic mass is 16.2. The van der Waals surface area contributed by atoms with Gasteiger partial charge in [-0.05, 0) is 41.7 Å². The second-order valence-corrected chi connectivity index (χ2v) is 8.08. The van der Waals surface area contributed by atoms with E-state index in [1.807, 2.05) is 4.90 Å². The lowest BCUT2D eigenvalue weighted by Gasteiger charge is -2.27. The Balaban J connectivity index is 1.31. The third-order valence-corrected chi connectivity index (χ3v) is 6.03. The van der Waals surface area contributed by atoms with Crippen LogP contribution in [0, 0.1) is 0 Å². The molecule has 4 nitrogen and oxygen atoms in total. The number of carbonyl (C=O) groups is 1. The summed E-state index contributed by atoms with van der Waals surface area (Å²) < 4.78 is 0. The van der Waals surface area contributed by atoms with Crippen molar-refractivity contribution in [3.8, 4) is 0 Å². The van der Waals surface area contributed by atoms with Gasteiger partial charge in [0.05, 0.1) is 0 Å². The zero-order valence-electron chi connectivity index (χ0n) is 16.2. The second kappa shape index (κ2) is 8.75. The molecule has 1 saturated heterocycles. The molecule has 2 amide bonds. The van der Waals surface area contributed by atoms with Gasteiger partial charge >= 0.3 is 6.03 Å². The fourth-order valence-corrected chi connectivity index (χ4v) is 4.44. The van der Waals surface area contributed by atoms with Crippen LogP contribution in [0.5, 0.6) is 0 Å². The van der Waals surface area contributed by atoms with Gasteiger partial charge in [-0.3, -0.25) is 4.90 Å². The van der Waals surface area contributed by atoms with E-state index in [0.29, 0.717) is 6.04 Å². The number of nitrogens with zero attached hydrogens (tertiary/aromatic N) is 2. The minimum atomic E-state index is 0.148. The SMILES string of the molecule is O=C(NC1CCCCC1)N1CCCN(Cc2ccc3ccccc3c2)CC1. The van der Waals surface area contributed by atoms with Crippen molar-refractivity contribution in [3.63, 3.8) is 0 Å². The Kier molecular flexibility index (Phi) is 5.93. The van der Waals surface area contributed by atoms with Crippen LogP contribution in [0.2, 0.25) is 0 Å². The molecule has 1 heterocycles. The molecule has 2 aromatic carbocycles. The second-order valence-electron chi connectivity index (χ2n) is 8.08. The Morgan fingerprint density at radius 1 is 0.889 bits per heavy atom. The van der Waals surface area contributed by atoms with Crippen LogP contribution in [0.1, 0.15) is 44.1 Å². The first-order valence-electron chi connectivity index (χ1n) is 10.5. The zero-order valence-corrected chi connectivity index (χ0v) is 16.2. The van der Waals surface area contributed by atoms with E-state index in [9.17, 15) is 4.79 Å². The van der Waals surface area contributed by atoms with Gasteiger partial charge < -0.3 is 10.2 Å².